The van der Waals surface area contributed by atoms with Gasteiger partial charge in [-0.25, -0.2) is 4.98 Å². The number of nitrogens with one attached hydrogen (secondary N) is 1. The van der Waals surface area contributed by atoms with Gasteiger partial charge in [0.25, 0.3) is 0 Å². The van der Waals surface area contributed by atoms with E-state index < -0.39 is 4.92 Å². The SMILES string of the molecule is Cc1c(/C=N/Nc2nc(N)ncc2[N+](=O)[O-])c2ccccn2c1C(=O)c1ccncc1. The Bertz CT molecular complexity index is 1330. The topological polar surface area (TPSA) is 154 Å². The maximum atomic E-state index is 13.1. The lowest BCUT2D eigenvalue weighted by molar-refractivity contribution is -0.384. The van der Waals surface area contributed by atoms with Crippen LogP contribution in [0.1, 0.15) is 27.2 Å². The molecule has 11 nitrogen and oxygen atoms in total. The summed E-state index contributed by atoms with van der Waals surface area (Å²) in [5, 5.41) is 15.2. The number of carbonyl (C=O) groups is 1. The van der Waals surface area contributed by atoms with Crippen molar-refractivity contribution in [2.75, 3.05) is 11.2 Å². The summed E-state index contributed by atoms with van der Waals surface area (Å²) in [7, 11) is 0. The Morgan fingerprint density at radius 3 is 2.81 bits per heavy atom. The molecule has 0 atom stereocenters. The van der Waals surface area contributed by atoms with Crippen molar-refractivity contribution in [3.05, 3.63) is 87.6 Å². The lowest BCUT2D eigenvalue weighted by Gasteiger charge is -2.03. The van der Waals surface area contributed by atoms with Crippen LogP contribution < -0.4 is 11.2 Å². The maximum absolute atomic E-state index is 13.1. The Morgan fingerprint density at radius 2 is 2.06 bits per heavy atom. The third kappa shape index (κ3) is 3.67. The second-order valence-electron chi connectivity index (χ2n) is 6.50. The standard InChI is InChI=1S/C20H16N8O3/c1-12-14(10-24-26-19-16(28(30)31)11-23-20(21)25-19)15-4-2-3-9-27(15)17(12)18(29)13-5-7-22-8-6-13/h2-11H,1H3,(H3,21,23,25,26)/b24-10+. The van der Waals surface area contributed by atoms with Crippen molar-refractivity contribution in [2.24, 2.45) is 5.10 Å². The molecular weight excluding hydrogens is 400 g/mol. The maximum Gasteiger partial charge on any atom is 0.331 e. The Labute approximate surface area is 175 Å². The van der Waals surface area contributed by atoms with Gasteiger partial charge in [-0.2, -0.15) is 10.1 Å². The van der Waals surface area contributed by atoms with E-state index in [1.54, 1.807) is 35.1 Å². The molecular formula is C20H16N8O3. The Hall–Kier alpha value is -4.67. The van der Waals surface area contributed by atoms with Gasteiger partial charge in [0, 0.05) is 29.7 Å². The number of nitrogen functional groups attached to an aromatic ring is 1. The predicted octanol–water partition coefficient (Wildman–Crippen LogP) is 2.60. The molecule has 11 heteroatoms. The zero-order valence-electron chi connectivity index (χ0n) is 16.3. The van der Waals surface area contributed by atoms with Gasteiger partial charge in [0.15, 0.2) is 0 Å². The van der Waals surface area contributed by atoms with Crippen LogP contribution in [0.3, 0.4) is 0 Å². The predicted molar refractivity (Wildman–Crippen MR) is 114 cm³/mol. The highest BCUT2D eigenvalue weighted by atomic mass is 16.6. The third-order valence-corrected chi connectivity index (χ3v) is 4.64. The molecule has 0 aromatic carbocycles. The lowest BCUT2D eigenvalue weighted by Crippen LogP contribution is -2.07. The average Bonchev–Trinajstić information content (AvgIpc) is 3.05. The number of nitrogens with zero attached hydrogens (tertiary/aromatic N) is 6. The number of carbonyl (C=O) groups excluding carboxylic acids is 1. The highest BCUT2D eigenvalue weighted by Crippen LogP contribution is 2.25. The minimum Gasteiger partial charge on any atom is -0.368 e. The fourth-order valence-electron chi connectivity index (χ4n) is 3.20. The van der Waals surface area contributed by atoms with Gasteiger partial charge in [-0.05, 0) is 36.8 Å². The van der Waals surface area contributed by atoms with E-state index in [2.05, 4.69) is 25.5 Å². The molecule has 0 amide bonds. The van der Waals surface area contributed by atoms with E-state index in [9.17, 15) is 14.9 Å². The van der Waals surface area contributed by atoms with E-state index >= 15 is 0 Å². The van der Waals surface area contributed by atoms with Crippen LogP contribution in [0.15, 0.2) is 60.2 Å². The van der Waals surface area contributed by atoms with Crippen molar-refractivity contribution >= 4 is 35.0 Å². The van der Waals surface area contributed by atoms with Gasteiger partial charge in [-0.1, -0.05) is 6.07 Å². The van der Waals surface area contributed by atoms with Crippen molar-refractivity contribution in [2.45, 2.75) is 6.92 Å². The number of nitro groups is 1. The molecule has 4 aromatic heterocycles. The monoisotopic (exact) mass is 416 g/mol. The number of rotatable bonds is 6. The minimum absolute atomic E-state index is 0.126. The molecule has 0 bridgehead atoms. The second kappa shape index (κ2) is 7.99. The van der Waals surface area contributed by atoms with Crippen molar-refractivity contribution < 1.29 is 9.72 Å². The van der Waals surface area contributed by atoms with E-state index in [1.807, 2.05) is 25.1 Å². The lowest BCUT2D eigenvalue weighted by atomic mass is 10.1. The molecule has 31 heavy (non-hydrogen) atoms. The summed E-state index contributed by atoms with van der Waals surface area (Å²) in [5.74, 6) is -0.421. The summed E-state index contributed by atoms with van der Waals surface area (Å²) < 4.78 is 1.78. The smallest absolute Gasteiger partial charge is 0.331 e. The van der Waals surface area contributed by atoms with Crippen LogP contribution in [-0.2, 0) is 0 Å². The van der Waals surface area contributed by atoms with Gasteiger partial charge in [-0.15, -0.1) is 0 Å². The van der Waals surface area contributed by atoms with Crippen LogP contribution in [0.5, 0.6) is 0 Å². The molecule has 0 fully saturated rings. The first-order chi connectivity index (χ1) is 15.0. The number of ketones is 1. The molecule has 0 radical (unpaired) electrons. The highest BCUT2D eigenvalue weighted by Gasteiger charge is 2.21. The van der Waals surface area contributed by atoms with Crippen molar-refractivity contribution in [3.63, 3.8) is 0 Å². The Morgan fingerprint density at radius 1 is 1.29 bits per heavy atom. The highest BCUT2D eigenvalue weighted by molar-refractivity contribution is 6.11. The largest absolute Gasteiger partial charge is 0.368 e. The molecule has 4 heterocycles. The van der Waals surface area contributed by atoms with Crippen molar-refractivity contribution in [1.82, 2.24) is 19.4 Å². The average molecular weight is 416 g/mol. The van der Waals surface area contributed by atoms with Gasteiger partial charge in [0.1, 0.15) is 6.20 Å². The van der Waals surface area contributed by atoms with Crippen LogP contribution in [0.25, 0.3) is 5.52 Å². The summed E-state index contributed by atoms with van der Waals surface area (Å²) >= 11 is 0. The van der Waals surface area contributed by atoms with E-state index in [-0.39, 0.29) is 23.2 Å². The van der Waals surface area contributed by atoms with E-state index in [4.69, 9.17) is 5.73 Å². The molecule has 0 unspecified atom stereocenters. The summed E-state index contributed by atoms with van der Waals surface area (Å²) in [5.41, 5.74) is 10.8. The number of hydrogen-bond donors (Lipinski definition) is 2. The summed E-state index contributed by atoms with van der Waals surface area (Å²) in [6.07, 6.45) is 7.40. The van der Waals surface area contributed by atoms with Gasteiger partial charge in [0.05, 0.1) is 22.3 Å². The minimum atomic E-state index is -0.637. The van der Waals surface area contributed by atoms with Crippen molar-refractivity contribution in [1.29, 1.82) is 0 Å². The number of nitrogens with two attached hydrogens (primary N) is 1. The van der Waals surface area contributed by atoms with E-state index in [0.29, 0.717) is 22.4 Å². The molecule has 4 rings (SSSR count). The molecule has 3 N–H and O–H groups in total. The molecule has 0 aliphatic heterocycles. The quantitative estimate of drug-likeness (QED) is 0.210. The van der Waals surface area contributed by atoms with Crippen LogP contribution >= 0.6 is 0 Å². The van der Waals surface area contributed by atoms with Gasteiger partial charge in [0.2, 0.25) is 17.5 Å². The van der Waals surface area contributed by atoms with Crippen LogP contribution in [-0.4, -0.2) is 36.3 Å². The summed E-state index contributed by atoms with van der Waals surface area (Å²) in [4.78, 5) is 35.0. The summed E-state index contributed by atoms with van der Waals surface area (Å²) in [6.45, 7) is 1.81. The first-order valence-electron chi connectivity index (χ1n) is 9.07. The van der Waals surface area contributed by atoms with Crippen LogP contribution in [0.4, 0.5) is 17.5 Å². The van der Waals surface area contributed by atoms with Gasteiger partial charge < -0.3 is 10.1 Å². The number of pyridine rings is 2. The molecule has 4 aromatic rings. The Balaban J connectivity index is 1.75. The summed E-state index contributed by atoms with van der Waals surface area (Å²) in [6, 6.07) is 8.82. The molecule has 0 saturated heterocycles. The molecule has 0 aliphatic rings. The van der Waals surface area contributed by atoms with E-state index in [1.165, 1.54) is 6.21 Å². The van der Waals surface area contributed by atoms with Crippen molar-refractivity contribution in [3.8, 4) is 0 Å². The molecule has 154 valence electrons. The number of hydrogen-bond acceptors (Lipinski definition) is 9. The zero-order chi connectivity index (χ0) is 22.0. The van der Waals surface area contributed by atoms with E-state index in [0.717, 1.165) is 11.7 Å². The number of fused-ring (bicyclic) bond motifs is 1. The Kier molecular flexibility index (Phi) is 5.06. The molecule has 0 saturated carbocycles. The van der Waals surface area contributed by atoms with Crippen LogP contribution in [0, 0.1) is 17.0 Å². The first-order valence-corrected chi connectivity index (χ1v) is 9.07. The zero-order valence-corrected chi connectivity index (χ0v) is 16.3. The van der Waals surface area contributed by atoms with Crippen LogP contribution in [0.2, 0.25) is 0 Å². The number of aromatic nitrogens is 4. The first kappa shape index (κ1) is 19.6. The molecule has 0 aliphatic carbocycles. The fraction of sp³-hybridized carbons (Fsp3) is 0.0500. The fourth-order valence-corrected chi connectivity index (χ4v) is 3.20. The normalized spacial score (nSPS) is 11.1. The number of hydrazone groups is 1. The molecule has 0 spiro atoms. The third-order valence-electron chi connectivity index (χ3n) is 4.64. The second-order valence-corrected chi connectivity index (χ2v) is 6.50. The number of anilines is 2. The van der Waals surface area contributed by atoms with Gasteiger partial charge in [-0.3, -0.25) is 25.3 Å². The van der Waals surface area contributed by atoms with Gasteiger partial charge >= 0.3 is 5.69 Å².